The molecule has 2 aromatic rings. The van der Waals surface area contributed by atoms with Crippen LogP contribution in [0.5, 0.6) is 0 Å². The highest BCUT2D eigenvalue weighted by atomic mass is 35.5. The molecular weight excluding hydrogens is 252 g/mol. The van der Waals surface area contributed by atoms with Gasteiger partial charge in [-0.1, -0.05) is 29.4 Å². The van der Waals surface area contributed by atoms with Crippen molar-refractivity contribution in [2.24, 2.45) is 5.73 Å². The molecule has 2 nitrogen and oxygen atoms in total. The Morgan fingerprint density at radius 2 is 1.94 bits per heavy atom. The first-order valence-corrected chi connectivity index (χ1v) is 6.50. The molecule has 0 aliphatic rings. The van der Waals surface area contributed by atoms with Crippen molar-refractivity contribution < 1.29 is 0 Å². The maximum absolute atomic E-state index is 5.92. The summed E-state index contributed by atoms with van der Waals surface area (Å²) >= 11 is 7.45. The van der Waals surface area contributed by atoms with Gasteiger partial charge in [0.15, 0.2) is 0 Å². The number of hydrogen-bond donors (Lipinski definition) is 1. The van der Waals surface area contributed by atoms with Gasteiger partial charge in [-0.05, 0) is 37.3 Å². The third kappa shape index (κ3) is 3.22. The van der Waals surface area contributed by atoms with Crippen LogP contribution < -0.4 is 5.73 Å². The zero-order chi connectivity index (χ0) is 12.3. The Morgan fingerprint density at radius 1 is 1.24 bits per heavy atom. The SMILES string of the molecule is C[C@@H](N)c1cccnc1Sc1ccc(Cl)cc1. The second-order valence-corrected chi connectivity index (χ2v) is 5.24. The molecule has 0 unspecified atom stereocenters. The van der Waals surface area contributed by atoms with Gasteiger partial charge in [0.1, 0.15) is 5.03 Å². The number of nitrogens with zero attached hydrogens (tertiary/aromatic N) is 1. The summed E-state index contributed by atoms with van der Waals surface area (Å²) in [5.41, 5.74) is 6.98. The van der Waals surface area contributed by atoms with E-state index in [0.717, 1.165) is 20.5 Å². The number of halogens is 1. The minimum atomic E-state index is -0.0153. The van der Waals surface area contributed by atoms with Crippen LogP contribution in [0.2, 0.25) is 5.02 Å². The summed E-state index contributed by atoms with van der Waals surface area (Å²) in [6.45, 7) is 1.96. The molecule has 1 heterocycles. The summed E-state index contributed by atoms with van der Waals surface area (Å²) in [5.74, 6) is 0. The molecule has 0 spiro atoms. The van der Waals surface area contributed by atoms with E-state index < -0.39 is 0 Å². The van der Waals surface area contributed by atoms with Crippen molar-refractivity contribution in [3.05, 3.63) is 53.2 Å². The van der Waals surface area contributed by atoms with Crippen LogP contribution in [0.3, 0.4) is 0 Å². The van der Waals surface area contributed by atoms with Crippen LogP contribution >= 0.6 is 23.4 Å². The third-order valence-corrected chi connectivity index (χ3v) is 3.61. The normalized spacial score (nSPS) is 12.4. The largest absolute Gasteiger partial charge is 0.324 e. The lowest BCUT2D eigenvalue weighted by atomic mass is 10.2. The average molecular weight is 265 g/mol. The first kappa shape index (κ1) is 12.4. The second kappa shape index (κ2) is 5.54. The van der Waals surface area contributed by atoms with Crippen molar-refractivity contribution in [1.29, 1.82) is 0 Å². The number of aromatic nitrogens is 1. The summed E-state index contributed by atoms with van der Waals surface area (Å²) in [5, 5.41) is 1.69. The van der Waals surface area contributed by atoms with Crippen molar-refractivity contribution >= 4 is 23.4 Å². The van der Waals surface area contributed by atoms with E-state index in [0.29, 0.717) is 0 Å². The first-order chi connectivity index (χ1) is 8.16. The molecule has 0 bridgehead atoms. The Bertz CT molecular complexity index is 497. The van der Waals surface area contributed by atoms with Crippen molar-refractivity contribution in [3.8, 4) is 0 Å². The minimum absolute atomic E-state index is 0.0153. The van der Waals surface area contributed by atoms with Crippen LogP contribution in [0.15, 0.2) is 52.5 Å². The molecule has 17 heavy (non-hydrogen) atoms. The smallest absolute Gasteiger partial charge is 0.105 e. The number of nitrogens with two attached hydrogens (primary N) is 1. The molecule has 0 saturated carbocycles. The standard InChI is InChI=1S/C13H13ClN2S/c1-9(15)12-3-2-8-16-13(12)17-11-6-4-10(14)5-7-11/h2-9H,15H2,1H3/t9-/m1/s1. The van der Waals surface area contributed by atoms with Crippen LogP contribution in [0, 0.1) is 0 Å². The Kier molecular flexibility index (Phi) is 4.05. The quantitative estimate of drug-likeness (QED) is 0.914. The third-order valence-electron chi connectivity index (χ3n) is 2.32. The van der Waals surface area contributed by atoms with E-state index in [-0.39, 0.29) is 6.04 Å². The summed E-state index contributed by atoms with van der Waals surface area (Å²) in [4.78, 5) is 5.47. The molecule has 88 valence electrons. The van der Waals surface area contributed by atoms with Crippen molar-refractivity contribution in [1.82, 2.24) is 4.98 Å². The lowest BCUT2D eigenvalue weighted by Crippen LogP contribution is -2.06. The monoisotopic (exact) mass is 264 g/mol. The molecule has 1 aromatic carbocycles. The Morgan fingerprint density at radius 3 is 2.59 bits per heavy atom. The molecule has 0 amide bonds. The Hall–Kier alpha value is -1.03. The van der Waals surface area contributed by atoms with Gasteiger partial charge in [-0.2, -0.15) is 0 Å². The molecule has 0 radical (unpaired) electrons. The van der Waals surface area contributed by atoms with Crippen LogP contribution in [-0.2, 0) is 0 Å². The van der Waals surface area contributed by atoms with E-state index in [1.165, 1.54) is 0 Å². The van der Waals surface area contributed by atoms with Gasteiger partial charge in [0.05, 0.1) is 0 Å². The lowest BCUT2D eigenvalue weighted by molar-refractivity contribution is 0.779. The molecular formula is C13H13ClN2S. The topological polar surface area (TPSA) is 38.9 Å². The molecule has 4 heteroatoms. The highest BCUT2D eigenvalue weighted by Crippen LogP contribution is 2.31. The summed E-state index contributed by atoms with van der Waals surface area (Å²) in [6, 6.07) is 11.6. The van der Waals surface area contributed by atoms with Gasteiger partial charge in [0.2, 0.25) is 0 Å². The maximum Gasteiger partial charge on any atom is 0.105 e. The Balaban J connectivity index is 2.26. The number of pyridine rings is 1. The van der Waals surface area contributed by atoms with Gasteiger partial charge < -0.3 is 5.73 Å². The van der Waals surface area contributed by atoms with Gasteiger partial charge in [-0.3, -0.25) is 0 Å². The lowest BCUT2D eigenvalue weighted by Gasteiger charge is -2.10. The van der Waals surface area contributed by atoms with E-state index in [1.54, 1.807) is 18.0 Å². The zero-order valence-corrected chi connectivity index (χ0v) is 11.0. The summed E-state index contributed by atoms with van der Waals surface area (Å²) < 4.78 is 0. The highest BCUT2D eigenvalue weighted by Gasteiger charge is 2.08. The van der Waals surface area contributed by atoms with Crippen LogP contribution in [0.1, 0.15) is 18.5 Å². The average Bonchev–Trinajstić information content (AvgIpc) is 2.32. The van der Waals surface area contributed by atoms with Gasteiger partial charge in [0.25, 0.3) is 0 Å². The molecule has 0 aliphatic heterocycles. The van der Waals surface area contributed by atoms with Crippen LogP contribution in [0.4, 0.5) is 0 Å². The van der Waals surface area contributed by atoms with Crippen LogP contribution in [-0.4, -0.2) is 4.98 Å². The molecule has 2 rings (SSSR count). The first-order valence-electron chi connectivity index (χ1n) is 5.31. The highest BCUT2D eigenvalue weighted by molar-refractivity contribution is 7.99. The number of hydrogen-bond acceptors (Lipinski definition) is 3. The predicted molar refractivity (Wildman–Crippen MR) is 72.4 cm³/mol. The minimum Gasteiger partial charge on any atom is -0.324 e. The van der Waals surface area contributed by atoms with Crippen molar-refractivity contribution in [3.63, 3.8) is 0 Å². The van der Waals surface area contributed by atoms with E-state index in [9.17, 15) is 0 Å². The fourth-order valence-electron chi connectivity index (χ4n) is 1.45. The Labute approximate surface area is 110 Å². The van der Waals surface area contributed by atoms with E-state index in [4.69, 9.17) is 17.3 Å². The maximum atomic E-state index is 5.92. The van der Waals surface area contributed by atoms with Gasteiger partial charge in [0, 0.05) is 27.7 Å². The molecule has 1 atom stereocenters. The predicted octanol–water partition coefficient (Wildman–Crippen LogP) is 3.91. The summed E-state index contributed by atoms with van der Waals surface area (Å²) in [7, 11) is 0. The molecule has 0 aliphatic carbocycles. The van der Waals surface area contributed by atoms with Gasteiger partial charge in [-0.15, -0.1) is 0 Å². The zero-order valence-electron chi connectivity index (χ0n) is 9.43. The van der Waals surface area contributed by atoms with Gasteiger partial charge in [-0.25, -0.2) is 4.98 Å². The molecule has 0 saturated heterocycles. The number of benzene rings is 1. The molecule has 1 aromatic heterocycles. The van der Waals surface area contributed by atoms with Crippen LogP contribution in [0.25, 0.3) is 0 Å². The van der Waals surface area contributed by atoms with E-state index in [1.807, 2.05) is 43.3 Å². The van der Waals surface area contributed by atoms with Gasteiger partial charge >= 0.3 is 0 Å². The molecule has 2 N–H and O–H groups in total. The number of rotatable bonds is 3. The van der Waals surface area contributed by atoms with E-state index in [2.05, 4.69) is 4.98 Å². The van der Waals surface area contributed by atoms with Crippen molar-refractivity contribution in [2.45, 2.75) is 22.9 Å². The summed E-state index contributed by atoms with van der Waals surface area (Å²) in [6.07, 6.45) is 1.78. The fraction of sp³-hybridized carbons (Fsp3) is 0.154. The fourth-order valence-corrected chi connectivity index (χ4v) is 2.56. The van der Waals surface area contributed by atoms with Crippen molar-refractivity contribution in [2.75, 3.05) is 0 Å². The van der Waals surface area contributed by atoms with E-state index >= 15 is 0 Å². The second-order valence-electron chi connectivity index (χ2n) is 3.74. The molecule has 0 fully saturated rings.